The second kappa shape index (κ2) is 9.89. The SMILES string of the molecule is CN1CCN(c2nccc3[nH]c(-c4n[nH]c5ccc(-c6cncc(OCc7ccccc7)c6)cc45)cc23)CC1. The van der Waals surface area contributed by atoms with E-state index in [4.69, 9.17) is 14.8 Å². The Balaban J connectivity index is 1.20. The van der Waals surface area contributed by atoms with Crippen molar-refractivity contribution in [2.75, 3.05) is 38.1 Å². The standard InChI is InChI=1S/C31H29N7O/c1-37-11-13-38(14-12-37)31-26-17-29(34-27(26)9-10-33-31)30-25-16-22(7-8-28(25)35-36-30)23-15-24(19-32-18-23)39-20-21-5-3-2-4-6-21/h2-10,15-19,34H,11-14,20H2,1H3,(H,35,36). The summed E-state index contributed by atoms with van der Waals surface area (Å²) in [5, 5.41) is 10.1. The third-order valence-corrected chi connectivity index (χ3v) is 7.44. The van der Waals surface area contributed by atoms with E-state index in [2.05, 4.69) is 68.3 Å². The number of H-pyrrole nitrogens is 2. The Morgan fingerprint density at radius 2 is 1.72 bits per heavy atom. The molecule has 8 nitrogen and oxygen atoms in total. The fourth-order valence-electron chi connectivity index (χ4n) is 5.23. The zero-order valence-electron chi connectivity index (χ0n) is 21.8. The minimum Gasteiger partial charge on any atom is -0.487 e. The molecular formula is C31H29N7O. The van der Waals surface area contributed by atoms with E-state index in [0.717, 1.165) is 87.6 Å². The van der Waals surface area contributed by atoms with E-state index >= 15 is 0 Å². The van der Waals surface area contributed by atoms with Gasteiger partial charge in [-0.25, -0.2) is 4.98 Å². The number of aromatic nitrogens is 5. The molecule has 8 heteroatoms. The zero-order valence-corrected chi connectivity index (χ0v) is 21.8. The summed E-state index contributed by atoms with van der Waals surface area (Å²) in [5.74, 6) is 1.77. The number of nitrogens with zero attached hydrogens (tertiary/aromatic N) is 5. The van der Waals surface area contributed by atoms with E-state index in [-0.39, 0.29) is 0 Å². The molecular weight excluding hydrogens is 486 g/mol. The Labute approximate surface area is 226 Å². The second-order valence-corrected chi connectivity index (χ2v) is 10.1. The largest absolute Gasteiger partial charge is 0.487 e. The normalized spacial score (nSPS) is 14.3. The van der Waals surface area contributed by atoms with Gasteiger partial charge < -0.3 is 19.5 Å². The van der Waals surface area contributed by atoms with Gasteiger partial charge in [-0.15, -0.1) is 0 Å². The Bertz CT molecular complexity index is 1750. The maximum atomic E-state index is 6.02. The topological polar surface area (TPSA) is 86.0 Å². The predicted octanol–water partition coefficient (Wildman–Crippen LogP) is 5.50. The monoisotopic (exact) mass is 515 g/mol. The van der Waals surface area contributed by atoms with Gasteiger partial charge in [-0.3, -0.25) is 10.1 Å². The van der Waals surface area contributed by atoms with Gasteiger partial charge in [0.15, 0.2) is 0 Å². The van der Waals surface area contributed by atoms with Crippen LogP contribution in [0, 0.1) is 0 Å². The van der Waals surface area contributed by atoms with Crippen LogP contribution in [0.15, 0.2) is 85.3 Å². The summed E-state index contributed by atoms with van der Waals surface area (Å²) >= 11 is 0. The first-order valence-corrected chi connectivity index (χ1v) is 13.2. The van der Waals surface area contributed by atoms with Gasteiger partial charge in [0.05, 0.1) is 22.9 Å². The molecule has 194 valence electrons. The molecule has 0 spiro atoms. The molecule has 4 aromatic heterocycles. The molecule has 1 fully saturated rings. The molecule has 7 rings (SSSR count). The van der Waals surface area contributed by atoms with Gasteiger partial charge in [-0.2, -0.15) is 5.10 Å². The zero-order chi connectivity index (χ0) is 26.2. The van der Waals surface area contributed by atoms with Crippen LogP contribution >= 0.6 is 0 Å². The lowest BCUT2D eigenvalue weighted by atomic mass is 10.0. The van der Waals surface area contributed by atoms with Crippen LogP contribution in [-0.2, 0) is 6.61 Å². The molecule has 6 aromatic rings. The second-order valence-electron chi connectivity index (χ2n) is 10.1. The molecule has 5 heterocycles. The molecule has 1 aliphatic rings. The van der Waals surface area contributed by atoms with Gasteiger partial charge in [0.2, 0.25) is 0 Å². The van der Waals surface area contributed by atoms with Gasteiger partial charge >= 0.3 is 0 Å². The first kappa shape index (κ1) is 23.4. The summed E-state index contributed by atoms with van der Waals surface area (Å²) in [6, 6.07) is 22.7. The van der Waals surface area contributed by atoms with Crippen molar-refractivity contribution < 1.29 is 4.74 Å². The average molecular weight is 516 g/mol. The van der Waals surface area contributed by atoms with E-state index in [9.17, 15) is 0 Å². The van der Waals surface area contributed by atoms with Gasteiger partial charge in [-0.05, 0) is 48.5 Å². The lowest BCUT2D eigenvalue weighted by molar-refractivity contribution is 0.305. The lowest BCUT2D eigenvalue weighted by Crippen LogP contribution is -2.44. The lowest BCUT2D eigenvalue weighted by Gasteiger charge is -2.33. The van der Waals surface area contributed by atoms with E-state index in [1.807, 2.05) is 42.7 Å². The average Bonchev–Trinajstić information content (AvgIpc) is 3.61. The van der Waals surface area contributed by atoms with Crippen molar-refractivity contribution in [3.8, 4) is 28.3 Å². The first-order chi connectivity index (χ1) is 19.2. The summed E-state index contributed by atoms with van der Waals surface area (Å²) < 4.78 is 6.02. The van der Waals surface area contributed by atoms with Crippen molar-refractivity contribution in [1.82, 2.24) is 30.0 Å². The molecule has 1 aliphatic heterocycles. The number of likely N-dealkylation sites (N-methyl/N-ethyl adjacent to an activating group) is 1. The van der Waals surface area contributed by atoms with E-state index in [1.54, 1.807) is 6.20 Å². The number of pyridine rings is 2. The summed E-state index contributed by atoms with van der Waals surface area (Å²) in [6.45, 7) is 4.52. The van der Waals surface area contributed by atoms with Gasteiger partial charge in [0.25, 0.3) is 0 Å². The number of hydrogen-bond acceptors (Lipinski definition) is 6. The molecule has 0 aliphatic carbocycles. The van der Waals surface area contributed by atoms with E-state index in [1.165, 1.54) is 0 Å². The van der Waals surface area contributed by atoms with Crippen LogP contribution in [0.3, 0.4) is 0 Å². The molecule has 0 bridgehead atoms. The number of rotatable bonds is 6. The smallest absolute Gasteiger partial charge is 0.138 e. The Hall–Kier alpha value is -4.69. The maximum Gasteiger partial charge on any atom is 0.138 e. The van der Waals surface area contributed by atoms with Crippen LogP contribution in [0.25, 0.3) is 44.3 Å². The number of fused-ring (bicyclic) bond motifs is 2. The minimum absolute atomic E-state index is 0.502. The van der Waals surface area contributed by atoms with E-state index < -0.39 is 0 Å². The van der Waals surface area contributed by atoms with Crippen molar-refractivity contribution in [3.05, 3.63) is 90.9 Å². The summed E-state index contributed by atoms with van der Waals surface area (Å²) in [5.41, 5.74) is 7.07. The molecule has 0 atom stereocenters. The number of anilines is 1. The number of ether oxygens (including phenoxy) is 1. The number of aromatic amines is 2. The highest BCUT2D eigenvalue weighted by atomic mass is 16.5. The molecule has 2 aromatic carbocycles. The number of benzene rings is 2. The molecule has 0 unspecified atom stereocenters. The van der Waals surface area contributed by atoms with Crippen LogP contribution in [0.2, 0.25) is 0 Å². The summed E-state index contributed by atoms with van der Waals surface area (Å²) in [4.78, 5) is 17.5. The quantitative estimate of drug-likeness (QED) is 0.305. The number of hydrogen-bond donors (Lipinski definition) is 2. The number of piperazine rings is 1. The highest BCUT2D eigenvalue weighted by Crippen LogP contribution is 2.34. The molecule has 0 amide bonds. The molecule has 1 saturated heterocycles. The fourth-order valence-corrected chi connectivity index (χ4v) is 5.23. The fraction of sp³-hybridized carbons (Fsp3) is 0.194. The molecule has 0 radical (unpaired) electrons. The predicted molar refractivity (Wildman–Crippen MR) is 155 cm³/mol. The van der Waals surface area contributed by atoms with Crippen LogP contribution < -0.4 is 9.64 Å². The van der Waals surface area contributed by atoms with Crippen LogP contribution in [0.1, 0.15) is 5.56 Å². The molecule has 2 N–H and O–H groups in total. The Morgan fingerprint density at radius 1 is 0.846 bits per heavy atom. The van der Waals surface area contributed by atoms with Gasteiger partial charge in [0, 0.05) is 54.9 Å². The van der Waals surface area contributed by atoms with Crippen molar-refractivity contribution in [1.29, 1.82) is 0 Å². The van der Waals surface area contributed by atoms with E-state index in [0.29, 0.717) is 6.61 Å². The first-order valence-electron chi connectivity index (χ1n) is 13.2. The van der Waals surface area contributed by atoms with Crippen molar-refractivity contribution in [3.63, 3.8) is 0 Å². The van der Waals surface area contributed by atoms with Gasteiger partial charge in [0.1, 0.15) is 23.9 Å². The van der Waals surface area contributed by atoms with Crippen LogP contribution in [0.5, 0.6) is 5.75 Å². The van der Waals surface area contributed by atoms with Crippen molar-refractivity contribution in [2.24, 2.45) is 0 Å². The van der Waals surface area contributed by atoms with Crippen LogP contribution in [0.4, 0.5) is 5.82 Å². The van der Waals surface area contributed by atoms with Crippen molar-refractivity contribution in [2.45, 2.75) is 6.61 Å². The summed E-state index contributed by atoms with van der Waals surface area (Å²) in [6.07, 6.45) is 5.51. The number of nitrogens with one attached hydrogen (secondary N) is 2. The van der Waals surface area contributed by atoms with Crippen LogP contribution in [-0.4, -0.2) is 63.3 Å². The van der Waals surface area contributed by atoms with Crippen molar-refractivity contribution >= 4 is 27.6 Å². The third kappa shape index (κ3) is 4.59. The van der Waals surface area contributed by atoms with Gasteiger partial charge in [-0.1, -0.05) is 36.4 Å². The Kier molecular flexibility index (Phi) is 5.94. The maximum absolute atomic E-state index is 6.02. The third-order valence-electron chi connectivity index (χ3n) is 7.44. The highest BCUT2D eigenvalue weighted by Gasteiger charge is 2.20. The molecule has 0 saturated carbocycles. The highest BCUT2D eigenvalue weighted by molar-refractivity contribution is 6.00. The molecule has 39 heavy (non-hydrogen) atoms. The Morgan fingerprint density at radius 3 is 2.59 bits per heavy atom. The summed E-state index contributed by atoms with van der Waals surface area (Å²) in [7, 11) is 2.17. The minimum atomic E-state index is 0.502.